The minimum Gasteiger partial charge on any atom is -0.462 e. The first-order valence-electron chi connectivity index (χ1n) is 7.09. The summed E-state index contributed by atoms with van der Waals surface area (Å²) in [5.74, 6) is -0.940. The van der Waals surface area contributed by atoms with Crippen LogP contribution in [0.1, 0.15) is 46.0 Å². The molecule has 2 aromatic rings. The maximum Gasteiger partial charge on any atom is 0.355 e. The molecule has 7 nitrogen and oxygen atoms in total. The standard InChI is InChI=1S/C15H19N3O4/c1-4-21-14(19)12-10(3)13(15(20)22-5-2)17-11(12)8-18-7-6-16-9-18/h6-7,9,17H,4-5,8H2,1-3H3. The van der Waals surface area contributed by atoms with E-state index >= 15 is 0 Å². The van der Waals surface area contributed by atoms with Gasteiger partial charge in [0.25, 0.3) is 0 Å². The molecule has 0 radical (unpaired) electrons. The van der Waals surface area contributed by atoms with Crippen LogP contribution in [0, 0.1) is 6.92 Å². The summed E-state index contributed by atoms with van der Waals surface area (Å²) in [5.41, 5.74) is 1.78. The summed E-state index contributed by atoms with van der Waals surface area (Å²) in [7, 11) is 0. The molecule has 0 spiro atoms. The molecule has 1 N–H and O–H groups in total. The van der Waals surface area contributed by atoms with Crippen molar-refractivity contribution in [3.63, 3.8) is 0 Å². The Labute approximate surface area is 128 Å². The lowest BCUT2D eigenvalue weighted by atomic mass is 10.1. The van der Waals surface area contributed by atoms with Gasteiger partial charge in [0.1, 0.15) is 5.69 Å². The number of carbonyl (C=O) groups is 2. The molecule has 0 saturated carbocycles. The maximum atomic E-state index is 12.2. The van der Waals surface area contributed by atoms with Crippen molar-refractivity contribution in [3.8, 4) is 0 Å². The van der Waals surface area contributed by atoms with Crippen molar-refractivity contribution in [2.24, 2.45) is 0 Å². The molecular weight excluding hydrogens is 286 g/mol. The van der Waals surface area contributed by atoms with E-state index in [2.05, 4.69) is 9.97 Å². The van der Waals surface area contributed by atoms with Crippen molar-refractivity contribution in [2.75, 3.05) is 13.2 Å². The van der Waals surface area contributed by atoms with E-state index in [9.17, 15) is 9.59 Å². The Morgan fingerprint density at radius 3 is 2.50 bits per heavy atom. The number of aromatic amines is 1. The van der Waals surface area contributed by atoms with Gasteiger partial charge in [0.05, 0.1) is 37.3 Å². The van der Waals surface area contributed by atoms with E-state index < -0.39 is 11.9 Å². The van der Waals surface area contributed by atoms with Crippen LogP contribution in [0.3, 0.4) is 0 Å². The fourth-order valence-corrected chi connectivity index (χ4v) is 2.23. The molecule has 2 aromatic heterocycles. The number of carbonyl (C=O) groups excluding carboxylic acids is 2. The van der Waals surface area contributed by atoms with E-state index in [1.165, 1.54) is 0 Å². The van der Waals surface area contributed by atoms with Gasteiger partial charge in [0, 0.05) is 12.4 Å². The number of nitrogens with zero attached hydrogens (tertiary/aromatic N) is 2. The zero-order valence-electron chi connectivity index (χ0n) is 12.9. The van der Waals surface area contributed by atoms with Crippen LogP contribution in [0.15, 0.2) is 18.7 Å². The van der Waals surface area contributed by atoms with Gasteiger partial charge in [-0.2, -0.15) is 0 Å². The number of nitrogens with one attached hydrogen (secondary N) is 1. The second-order valence-corrected chi connectivity index (χ2v) is 4.65. The second-order valence-electron chi connectivity index (χ2n) is 4.65. The van der Waals surface area contributed by atoms with Crippen LogP contribution in [0.5, 0.6) is 0 Å². The number of hydrogen-bond donors (Lipinski definition) is 1. The molecule has 0 aromatic carbocycles. The highest BCUT2D eigenvalue weighted by atomic mass is 16.5. The summed E-state index contributed by atoms with van der Waals surface area (Å²) in [6.07, 6.45) is 5.05. The fourth-order valence-electron chi connectivity index (χ4n) is 2.23. The summed E-state index contributed by atoms with van der Waals surface area (Å²) in [4.78, 5) is 31.1. The van der Waals surface area contributed by atoms with Gasteiger partial charge in [-0.05, 0) is 26.3 Å². The number of esters is 2. The predicted molar refractivity (Wildman–Crippen MR) is 78.8 cm³/mol. The van der Waals surface area contributed by atoms with E-state index in [1.807, 2.05) is 0 Å². The SMILES string of the molecule is CCOC(=O)c1[nH]c(Cn2ccnc2)c(C(=O)OCC)c1C. The van der Waals surface area contributed by atoms with E-state index in [0.29, 0.717) is 23.4 Å². The zero-order valence-corrected chi connectivity index (χ0v) is 12.9. The molecule has 0 aliphatic carbocycles. The van der Waals surface area contributed by atoms with Crippen molar-refractivity contribution in [2.45, 2.75) is 27.3 Å². The number of imidazole rings is 1. The van der Waals surface area contributed by atoms with Crippen LogP contribution < -0.4 is 0 Å². The van der Waals surface area contributed by atoms with E-state index in [4.69, 9.17) is 9.47 Å². The van der Waals surface area contributed by atoms with Crippen LogP contribution in [0.4, 0.5) is 0 Å². The molecule has 0 saturated heterocycles. The molecule has 22 heavy (non-hydrogen) atoms. The van der Waals surface area contributed by atoms with Gasteiger partial charge < -0.3 is 19.0 Å². The van der Waals surface area contributed by atoms with E-state index in [0.717, 1.165) is 0 Å². The maximum absolute atomic E-state index is 12.2. The van der Waals surface area contributed by atoms with Crippen LogP contribution in [0.2, 0.25) is 0 Å². The summed E-state index contributed by atoms with van der Waals surface area (Å²) in [6, 6.07) is 0. The van der Waals surface area contributed by atoms with E-state index in [-0.39, 0.29) is 18.9 Å². The Morgan fingerprint density at radius 2 is 1.91 bits per heavy atom. The minimum atomic E-state index is -0.484. The number of H-pyrrole nitrogens is 1. The van der Waals surface area contributed by atoms with Crippen LogP contribution in [-0.4, -0.2) is 39.7 Å². The normalized spacial score (nSPS) is 10.5. The Morgan fingerprint density at radius 1 is 1.23 bits per heavy atom. The van der Waals surface area contributed by atoms with Crippen LogP contribution in [-0.2, 0) is 16.0 Å². The predicted octanol–water partition coefficient (Wildman–Crippen LogP) is 1.92. The number of rotatable bonds is 6. The highest BCUT2D eigenvalue weighted by Crippen LogP contribution is 2.21. The van der Waals surface area contributed by atoms with E-state index in [1.54, 1.807) is 44.1 Å². The third-order valence-electron chi connectivity index (χ3n) is 3.19. The third kappa shape index (κ3) is 3.19. The minimum absolute atomic E-state index is 0.267. The average Bonchev–Trinajstić information content (AvgIpc) is 3.08. The number of hydrogen-bond acceptors (Lipinski definition) is 5. The molecule has 0 aliphatic rings. The lowest BCUT2D eigenvalue weighted by molar-refractivity contribution is 0.0517. The Hall–Kier alpha value is -2.57. The lowest BCUT2D eigenvalue weighted by Crippen LogP contribution is -2.10. The number of aromatic nitrogens is 3. The molecule has 118 valence electrons. The lowest BCUT2D eigenvalue weighted by Gasteiger charge is -2.05. The molecule has 7 heteroatoms. The van der Waals surface area contributed by atoms with Crippen molar-refractivity contribution < 1.29 is 19.1 Å². The average molecular weight is 305 g/mol. The van der Waals surface area contributed by atoms with Crippen LogP contribution in [0.25, 0.3) is 0 Å². The first-order valence-corrected chi connectivity index (χ1v) is 7.09. The summed E-state index contributed by atoms with van der Waals surface area (Å²) in [6.45, 7) is 6.09. The van der Waals surface area contributed by atoms with Crippen molar-refractivity contribution >= 4 is 11.9 Å². The molecule has 2 heterocycles. The first-order chi connectivity index (χ1) is 10.6. The molecule has 0 bridgehead atoms. The largest absolute Gasteiger partial charge is 0.462 e. The van der Waals surface area contributed by atoms with Gasteiger partial charge in [0.15, 0.2) is 0 Å². The zero-order chi connectivity index (χ0) is 16.1. The smallest absolute Gasteiger partial charge is 0.355 e. The van der Waals surface area contributed by atoms with Gasteiger partial charge in [0.2, 0.25) is 0 Å². The Balaban J connectivity index is 2.42. The summed E-state index contributed by atoms with van der Waals surface area (Å²) < 4.78 is 11.9. The third-order valence-corrected chi connectivity index (χ3v) is 3.19. The van der Waals surface area contributed by atoms with Gasteiger partial charge in [-0.15, -0.1) is 0 Å². The molecule has 0 fully saturated rings. The second kappa shape index (κ2) is 6.93. The molecule has 0 aliphatic heterocycles. The van der Waals surface area contributed by atoms with Gasteiger partial charge in [-0.1, -0.05) is 0 Å². The quantitative estimate of drug-likeness (QED) is 0.824. The molecular formula is C15H19N3O4. The number of ether oxygens (including phenoxy) is 2. The Bertz CT molecular complexity index is 659. The molecule has 0 unspecified atom stereocenters. The van der Waals surface area contributed by atoms with Crippen molar-refractivity contribution in [3.05, 3.63) is 41.2 Å². The van der Waals surface area contributed by atoms with Crippen molar-refractivity contribution in [1.82, 2.24) is 14.5 Å². The molecule has 0 atom stereocenters. The van der Waals surface area contributed by atoms with Gasteiger partial charge >= 0.3 is 11.9 Å². The first kappa shape index (κ1) is 15.8. The summed E-state index contributed by atoms with van der Waals surface area (Å²) >= 11 is 0. The fraction of sp³-hybridized carbons (Fsp3) is 0.400. The topological polar surface area (TPSA) is 86.2 Å². The highest BCUT2D eigenvalue weighted by molar-refractivity contribution is 5.98. The summed E-state index contributed by atoms with van der Waals surface area (Å²) in [5, 5.41) is 0. The monoisotopic (exact) mass is 305 g/mol. The highest BCUT2D eigenvalue weighted by Gasteiger charge is 2.25. The molecule has 2 rings (SSSR count). The van der Waals surface area contributed by atoms with Gasteiger partial charge in [-0.3, -0.25) is 0 Å². The van der Waals surface area contributed by atoms with Gasteiger partial charge in [-0.25, -0.2) is 14.6 Å². The Kier molecular flexibility index (Phi) is 4.98. The van der Waals surface area contributed by atoms with Crippen molar-refractivity contribution in [1.29, 1.82) is 0 Å². The molecule has 0 amide bonds. The van der Waals surface area contributed by atoms with Crippen LogP contribution >= 0.6 is 0 Å².